The van der Waals surface area contributed by atoms with Crippen LogP contribution in [0.5, 0.6) is 0 Å². The van der Waals surface area contributed by atoms with Gasteiger partial charge in [0, 0.05) is 23.9 Å². The van der Waals surface area contributed by atoms with Crippen LogP contribution < -0.4 is 4.90 Å². The average Bonchev–Trinajstić information content (AvgIpc) is 2.53. The van der Waals surface area contributed by atoms with Crippen LogP contribution in [-0.4, -0.2) is 0 Å². The van der Waals surface area contributed by atoms with Gasteiger partial charge in [0.05, 0.1) is 5.69 Å². The largest absolute Gasteiger partial charge is 0.320 e. The Morgan fingerprint density at radius 3 is 2.55 bits per heavy atom. The quantitative estimate of drug-likeness (QED) is 0.391. The normalized spacial score (nSPS) is 12.0. The minimum Gasteiger partial charge on any atom is -0.320 e. The summed E-state index contributed by atoms with van der Waals surface area (Å²) in [5.41, 5.74) is 4.57. The summed E-state index contributed by atoms with van der Waals surface area (Å²) in [6.07, 6.45) is 14.3. The maximum atomic E-state index is 4.11. The Morgan fingerprint density at radius 1 is 1.23 bits per heavy atom. The lowest BCUT2D eigenvalue weighted by Gasteiger charge is -2.26. The number of hydrogen-bond acceptors (Lipinski definition) is 1. The van der Waals surface area contributed by atoms with Gasteiger partial charge in [0.2, 0.25) is 0 Å². The number of benzene rings is 1. The number of allylic oxidation sites excluding steroid dienone is 6. The Labute approximate surface area is 135 Å². The van der Waals surface area contributed by atoms with Crippen LogP contribution in [0.3, 0.4) is 0 Å². The number of hydrogen-bond donors (Lipinski definition) is 0. The molecule has 0 spiro atoms. The third-order valence-electron chi connectivity index (χ3n) is 3.30. The molecule has 0 saturated carbocycles. The summed E-state index contributed by atoms with van der Waals surface area (Å²) >= 11 is 0. The molecule has 0 amide bonds. The zero-order chi connectivity index (χ0) is 16.4. The van der Waals surface area contributed by atoms with Gasteiger partial charge in [-0.2, -0.15) is 0 Å². The first-order valence-electron chi connectivity index (χ1n) is 7.79. The van der Waals surface area contributed by atoms with Crippen LogP contribution in [0.2, 0.25) is 0 Å². The number of rotatable bonds is 8. The molecule has 1 aromatic rings. The predicted molar refractivity (Wildman–Crippen MR) is 101 cm³/mol. The van der Waals surface area contributed by atoms with Gasteiger partial charge in [-0.05, 0) is 38.0 Å². The number of nitrogens with zero attached hydrogens (tertiary/aromatic N) is 1. The van der Waals surface area contributed by atoms with E-state index in [4.69, 9.17) is 0 Å². The van der Waals surface area contributed by atoms with Gasteiger partial charge in [0.15, 0.2) is 0 Å². The molecule has 22 heavy (non-hydrogen) atoms. The number of para-hydroxylation sites is 1. The summed E-state index contributed by atoms with van der Waals surface area (Å²) in [6.45, 7) is 14.2. The van der Waals surface area contributed by atoms with Crippen molar-refractivity contribution < 1.29 is 0 Å². The summed E-state index contributed by atoms with van der Waals surface area (Å²) in [6, 6.07) is 8.37. The first-order valence-corrected chi connectivity index (χ1v) is 7.79. The molecule has 1 nitrogen and oxygen atoms in total. The predicted octanol–water partition coefficient (Wildman–Crippen LogP) is 6.49. The van der Waals surface area contributed by atoms with Crippen LogP contribution in [-0.2, 0) is 0 Å². The van der Waals surface area contributed by atoms with Crippen LogP contribution in [0.15, 0.2) is 79.7 Å². The van der Waals surface area contributed by atoms with E-state index in [0.717, 1.165) is 24.1 Å². The summed E-state index contributed by atoms with van der Waals surface area (Å²) in [4.78, 5) is 2.23. The maximum absolute atomic E-state index is 4.11. The summed E-state index contributed by atoms with van der Waals surface area (Å²) in [5, 5.41) is 0. The molecule has 1 rings (SSSR count). The fourth-order valence-electron chi connectivity index (χ4n) is 2.21. The third-order valence-corrected chi connectivity index (χ3v) is 3.30. The fourth-order valence-corrected chi connectivity index (χ4v) is 2.21. The smallest absolute Gasteiger partial charge is 0.0527 e. The van der Waals surface area contributed by atoms with Crippen molar-refractivity contribution in [2.45, 2.75) is 33.6 Å². The van der Waals surface area contributed by atoms with Gasteiger partial charge in [-0.1, -0.05) is 62.6 Å². The molecule has 0 aliphatic rings. The lowest BCUT2D eigenvalue weighted by Crippen LogP contribution is -2.16. The molecule has 1 aromatic carbocycles. The van der Waals surface area contributed by atoms with Gasteiger partial charge in [0.25, 0.3) is 0 Å². The summed E-state index contributed by atoms with van der Waals surface area (Å²) in [5.74, 6) is 0. The van der Waals surface area contributed by atoms with Crippen molar-refractivity contribution in [2.24, 2.45) is 0 Å². The highest BCUT2D eigenvalue weighted by molar-refractivity contribution is 5.77. The second-order valence-electron chi connectivity index (χ2n) is 5.13. The van der Waals surface area contributed by atoms with E-state index in [1.54, 1.807) is 0 Å². The van der Waals surface area contributed by atoms with Crippen LogP contribution in [0, 0.1) is 0 Å². The van der Waals surface area contributed by atoms with E-state index < -0.39 is 0 Å². The molecule has 0 N–H and O–H groups in total. The lowest BCUT2D eigenvalue weighted by molar-refractivity contribution is 1.05. The average molecular weight is 293 g/mol. The Balaban J connectivity index is 3.39. The van der Waals surface area contributed by atoms with Crippen molar-refractivity contribution in [3.63, 3.8) is 0 Å². The van der Waals surface area contributed by atoms with E-state index >= 15 is 0 Å². The molecule has 0 unspecified atom stereocenters. The van der Waals surface area contributed by atoms with Crippen molar-refractivity contribution in [3.8, 4) is 0 Å². The molecule has 0 heterocycles. The van der Waals surface area contributed by atoms with Crippen molar-refractivity contribution >= 4 is 11.3 Å². The molecule has 116 valence electrons. The van der Waals surface area contributed by atoms with E-state index in [2.05, 4.69) is 79.8 Å². The van der Waals surface area contributed by atoms with E-state index in [1.165, 1.54) is 11.3 Å². The Bertz CT molecular complexity index is 588. The van der Waals surface area contributed by atoms with E-state index in [-0.39, 0.29) is 0 Å². The SMILES string of the molecule is C=C/C=C(\CC=CC)N(/C=C\CC)c1ccccc1C(=C)C. The highest BCUT2D eigenvalue weighted by atomic mass is 15.1. The second kappa shape index (κ2) is 9.62. The van der Waals surface area contributed by atoms with Gasteiger partial charge in [-0.15, -0.1) is 0 Å². The van der Waals surface area contributed by atoms with E-state index in [1.807, 2.05) is 19.9 Å². The van der Waals surface area contributed by atoms with E-state index in [0.29, 0.717) is 0 Å². The number of anilines is 1. The van der Waals surface area contributed by atoms with Gasteiger partial charge < -0.3 is 4.90 Å². The molecular formula is C21H27N. The van der Waals surface area contributed by atoms with Crippen LogP contribution in [0.1, 0.15) is 39.2 Å². The monoisotopic (exact) mass is 293 g/mol. The molecule has 1 heteroatoms. The topological polar surface area (TPSA) is 3.24 Å². The van der Waals surface area contributed by atoms with Gasteiger partial charge in [0.1, 0.15) is 0 Å². The maximum Gasteiger partial charge on any atom is 0.0527 e. The zero-order valence-corrected chi connectivity index (χ0v) is 14.0. The molecule has 0 atom stereocenters. The molecular weight excluding hydrogens is 266 g/mol. The third kappa shape index (κ3) is 4.92. The van der Waals surface area contributed by atoms with E-state index in [9.17, 15) is 0 Å². The lowest BCUT2D eigenvalue weighted by atomic mass is 10.0. The molecule has 0 saturated heterocycles. The summed E-state index contributed by atoms with van der Waals surface area (Å²) < 4.78 is 0. The van der Waals surface area contributed by atoms with Crippen molar-refractivity contribution in [1.82, 2.24) is 0 Å². The molecule has 0 fully saturated rings. The van der Waals surface area contributed by atoms with Crippen molar-refractivity contribution in [1.29, 1.82) is 0 Å². The highest BCUT2D eigenvalue weighted by Gasteiger charge is 2.12. The van der Waals surface area contributed by atoms with Crippen LogP contribution in [0.25, 0.3) is 5.57 Å². The molecule has 0 aliphatic carbocycles. The van der Waals surface area contributed by atoms with Crippen LogP contribution in [0.4, 0.5) is 5.69 Å². The first kappa shape index (κ1) is 17.8. The minimum absolute atomic E-state index is 0.862. The highest BCUT2D eigenvalue weighted by Crippen LogP contribution is 2.30. The molecule has 0 radical (unpaired) electrons. The first-order chi connectivity index (χ1) is 10.7. The Hall–Kier alpha value is -2.28. The molecule has 0 aliphatic heterocycles. The fraction of sp³-hybridized carbons (Fsp3) is 0.238. The van der Waals surface area contributed by atoms with Gasteiger partial charge >= 0.3 is 0 Å². The van der Waals surface area contributed by atoms with Gasteiger partial charge in [-0.25, -0.2) is 0 Å². The minimum atomic E-state index is 0.862. The zero-order valence-electron chi connectivity index (χ0n) is 14.0. The Morgan fingerprint density at radius 2 is 1.95 bits per heavy atom. The standard InChI is InChI=1S/C21H27N/c1-6-9-14-19(13-8-3)22(17-10-7-2)21-16-12-11-15-20(21)18(4)5/h6,8-13,15-17H,3-4,7,14H2,1-2,5H3/b9-6?,17-10-,19-13+. The second-order valence-corrected chi connectivity index (χ2v) is 5.13. The van der Waals surface area contributed by atoms with Crippen molar-refractivity contribution in [3.05, 3.63) is 85.3 Å². The molecule has 0 aromatic heterocycles. The molecule has 0 bridgehead atoms. The summed E-state index contributed by atoms with van der Waals surface area (Å²) in [7, 11) is 0. The van der Waals surface area contributed by atoms with Crippen molar-refractivity contribution in [2.75, 3.05) is 4.90 Å². The Kier molecular flexibility index (Phi) is 7.77. The van der Waals surface area contributed by atoms with Gasteiger partial charge in [-0.3, -0.25) is 0 Å². The van der Waals surface area contributed by atoms with Crippen LogP contribution >= 0.6 is 0 Å².